The van der Waals surface area contributed by atoms with Crippen molar-refractivity contribution in [2.45, 2.75) is 6.61 Å². The Bertz CT molecular complexity index is 913. The average Bonchev–Trinajstić information content (AvgIpc) is 2.65. The molecule has 0 spiro atoms. The molecule has 0 heterocycles. The molecule has 0 aliphatic carbocycles. The van der Waals surface area contributed by atoms with E-state index in [1.54, 1.807) is 18.2 Å². The Labute approximate surface area is 153 Å². The smallest absolute Gasteiger partial charge is 0.387 e. The van der Waals surface area contributed by atoms with Gasteiger partial charge in [0.05, 0.1) is 5.69 Å². The van der Waals surface area contributed by atoms with E-state index in [0.29, 0.717) is 17.1 Å². The van der Waals surface area contributed by atoms with Gasteiger partial charge in [0.1, 0.15) is 23.1 Å². The zero-order chi connectivity index (χ0) is 19.2. The van der Waals surface area contributed by atoms with Crippen LogP contribution in [0.15, 0.2) is 72.8 Å². The van der Waals surface area contributed by atoms with E-state index in [0.717, 1.165) is 0 Å². The van der Waals surface area contributed by atoms with Gasteiger partial charge in [0.25, 0.3) is 5.91 Å². The Hall–Kier alpha value is -3.48. The van der Waals surface area contributed by atoms with Crippen LogP contribution >= 0.6 is 0 Å². The van der Waals surface area contributed by atoms with Crippen LogP contribution in [0.3, 0.4) is 0 Å². The van der Waals surface area contributed by atoms with E-state index in [9.17, 15) is 18.0 Å². The summed E-state index contributed by atoms with van der Waals surface area (Å²) in [6, 6.07) is 17.6. The summed E-state index contributed by atoms with van der Waals surface area (Å²) >= 11 is 0. The molecule has 3 rings (SSSR count). The predicted octanol–water partition coefficient (Wildman–Crippen LogP) is 5.47. The largest absolute Gasteiger partial charge is 0.457 e. The molecular formula is C20H14F3NO3. The van der Waals surface area contributed by atoms with Crippen molar-refractivity contribution in [3.8, 4) is 17.2 Å². The van der Waals surface area contributed by atoms with Gasteiger partial charge in [0.2, 0.25) is 0 Å². The fourth-order valence-corrected chi connectivity index (χ4v) is 2.28. The second kappa shape index (κ2) is 8.27. The summed E-state index contributed by atoms with van der Waals surface area (Å²) in [5.41, 5.74) is 0.433. The number of anilines is 1. The molecular weight excluding hydrogens is 359 g/mol. The standard InChI is InChI=1S/C20H14F3NO3/c21-14-7-11-16(12-8-14)26-15-9-5-13(6-10-15)19(25)24-17-3-1-2-4-18(17)27-20(22)23/h1-12,20H,(H,24,25). The Kier molecular flexibility index (Phi) is 5.61. The maximum absolute atomic E-state index is 12.9. The number of ether oxygens (including phenoxy) is 2. The number of halogens is 3. The zero-order valence-electron chi connectivity index (χ0n) is 13.9. The molecule has 0 aliphatic rings. The van der Waals surface area contributed by atoms with Crippen molar-refractivity contribution in [1.29, 1.82) is 0 Å². The zero-order valence-corrected chi connectivity index (χ0v) is 13.9. The number of benzene rings is 3. The van der Waals surface area contributed by atoms with Crippen LogP contribution in [0.5, 0.6) is 17.2 Å². The van der Waals surface area contributed by atoms with Gasteiger partial charge in [-0.05, 0) is 60.7 Å². The maximum atomic E-state index is 12.9. The minimum Gasteiger partial charge on any atom is -0.457 e. The number of carbonyl (C=O) groups excluding carboxylic acids is 1. The van der Waals surface area contributed by atoms with E-state index >= 15 is 0 Å². The highest BCUT2D eigenvalue weighted by atomic mass is 19.3. The van der Waals surface area contributed by atoms with Gasteiger partial charge in [0.15, 0.2) is 0 Å². The minimum atomic E-state index is -2.99. The number of nitrogens with one attached hydrogen (secondary N) is 1. The van der Waals surface area contributed by atoms with Gasteiger partial charge in [-0.3, -0.25) is 4.79 Å². The summed E-state index contributed by atoms with van der Waals surface area (Å²) in [4.78, 5) is 12.3. The summed E-state index contributed by atoms with van der Waals surface area (Å²) in [6.45, 7) is -2.99. The van der Waals surface area contributed by atoms with E-state index in [2.05, 4.69) is 10.1 Å². The number of para-hydroxylation sites is 2. The molecule has 0 aliphatic heterocycles. The van der Waals surface area contributed by atoms with Crippen LogP contribution in [0.2, 0.25) is 0 Å². The van der Waals surface area contributed by atoms with Crippen molar-refractivity contribution >= 4 is 11.6 Å². The van der Waals surface area contributed by atoms with Gasteiger partial charge >= 0.3 is 6.61 Å². The van der Waals surface area contributed by atoms with Crippen molar-refractivity contribution in [3.63, 3.8) is 0 Å². The van der Waals surface area contributed by atoms with Crippen molar-refractivity contribution in [3.05, 3.63) is 84.2 Å². The second-order valence-corrected chi connectivity index (χ2v) is 5.41. The third kappa shape index (κ3) is 5.01. The number of rotatable bonds is 6. The minimum absolute atomic E-state index is 0.128. The van der Waals surface area contributed by atoms with Gasteiger partial charge in [-0.25, -0.2) is 4.39 Å². The van der Waals surface area contributed by atoms with Crippen LogP contribution in [0.4, 0.5) is 18.9 Å². The summed E-state index contributed by atoms with van der Waals surface area (Å²) in [7, 11) is 0. The molecule has 7 heteroatoms. The SMILES string of the molecule is O=C(Nc1ccccc1OC(F)F)c1ccc(Oc2ccc(F)cc2)cc1. The lowest BCUT2D eigenvalue weighted by molar-refractivity contribution is -0.0493. The van der Waals surface area contributed by atoms with Crippen LogP contribution < -0.4 is 14.8 Å². The highest BCUT2D eigenvalue weighted by Crippen LogP contribution is 2.27. The van der Waals surface area contributed by atoms with Crippen LogP contribution in [0.25, 0.3) is 0 Å². The Balaban J connectivity index is 1.68. The molecule has 0 radical (unpaired) electrons. The van der Waals surface area contributed by atoms with Gasteiger partial charge in [-0.15, -0.1) is 0 Å². The lowest BCUT2D eigenvalue weighted by Crippen LogP contribution is -2.13. The Morgan fingerprint density at radius 3 is 2.07 bits per heavy atom. The van der Waals surface area contributed by atoms with Crippen LogP contribution in [-0.4, -0.2) is 12.5 Å². The normalized spacial score (nSPS) is 10.5. The quantitative estimate of drug-likeness (QED) is 0.623. The Morgan fingerprint density at radius 2 is 1.44 bits per heavy atom. The van der Waals surface area contributed by atoms with Crippen molar-refractivity contribution in [2.75, 3.05) is 5.32 Å². The maximum Gasteiger partial charge on any atom is 0.387 e. The molecule has 1 amide bonds. The molecule has 0 bridgehead atoms. The molecule has 0 aromatic heterocycles. The van der Waals surface area contributed by atoms with Gasteiger partial charge in [-0.1, -0.05) is 12.1 Å². The summed E-state index contributed by atoms with van der Waals surface area (Å²) in [5.74, 6) is -0.0810. The molecule has 0 saturated carbocycles. The molecule has 0 unspecified atom stereocenters. The molecule has 1 N–H and O–H groups in total. The topological polar surface area (TPSA) is 47.6 Å². The molecule has 27 heavy (non-hydrogen) atoms. The summed E-state index contributed by atoms with van der Waals surface area (Å²) < 4.78 is 47.7. The first-order valence-electron chi connectivity index (χ1n) is 7.90. The van der Waals surface area contributed by atoms with Crippen LogP contribution in [0.1, 0.15) is 10.4 Å². The number of carbonyl (C=O) groups is 1. The summed E-state index contributed by atoms with van der Waals surface area (Å²) in [6.07, 6.45) is 0. The first kappa shape index (κ1) is 18.3. The number of hydrogen-bond donors (Lipinski definition) is 1. The molecule has 4 nitrogen and oxygen atoms in total. The number of alkyl halides is 2. The van der Waals surface area contributed by atoms with Crippen LogP contribution in [-0.2, 0) is 0 Å². The molecule has 0 fully saturated rings. The van der Waals surface area contributed by atoms with E-state index in [-0.39, 0.29) is 17.3 Å². The first-order valence-corrected chi connectivity index (χ1v) is 7.90. The highest BCUT2D eigenvalue weighted by Gasteiger charge is 2.13. The third-order valence-electron chi connectivity index (χ3n) is 3.52. The number of hydrogen-bond acceptors (Lipinski definition) is 3. The molecule has 3 aromatic carbocycles. The van der Waals surface area contributed by atoms with Crippen molar-refractivity contribution in [1.82, 2.24) is 0 Å². The second-order valence-electron chi connectivity index (χ2n) is 5.41. The summed E-state index contributed by atoms with van der Waals surface area (Å²) in [5, 5.41) is 2.53. The fourth-order valence-electron chi connectivity index (χ4n) is 2.28. The lowest BCUT2D eigenvalue weighted by Gasteiger charge is -2.12. The number of amides is 1. The van der Waals surface area contributed by atoms with Crippen molar-refractivity contribution in [2.24, 2.45) is 0 Å². The molecule has 0 atom stereocenters. The molecule has 138 valence electrons. The average molecular weight is 373 g/mol. The predicted molar refractivity (Wildman–Crippen MR) is 93.9 cm³/mol. The van der Waals surface area contributed by atoms with Gasteiger partial charge < -0.3 is 14.8 Å². The monoisotopic (exact) mass is 373 g/mol. The first-order chi connectivity index (χ1) is 13.0. The lowest BCUT2D eigenvalue weighted by atomic mass is 10.2. The van der Waals surface area contributed by atoms with Gasteiger partial charge in [-0.2, -0.15) is 8.78 Å². The Morgan fingerprint density at radius 1 is 0.852 bits per heavy atom. The van der Waals surface area contributed by atoms with E-state index in [4.69, 9.17) is 4.74 Å². The van der Waals surface area contributed by atoms with E-state index in [1.165, 1.54) is 54.6 Å². The highest BCUT2D eigenvalue weighted by molar-refractivity contribution is 6.05. The van der Waals surface area contributed by atoms with Gasteiger partial charge in [0, 0.05) is 5.56 Å². The van der Waals surface area contributed by atoms with E-state index in [1.807, 2.05) is 0 Å². The molecule has 3 aromatic rings. The van der Waals surface area contributed by atoms with E-state index < -0.39 is 12.5 Å². The molecule has 0 saturated heterocycles. The van der Waals surface area contributed by atoms with Crippen LogP contribution in [0, 0.1) is 5.82 Å². The van der Waals surface area contributed by atoms with Crippen molar-refractivity contribution < 1.29 is 27.4 Å². The third-order valence-corrected chi connectivity index (χ3v) is 3.52. The fraction of sp³-hybridized carbons (Fsp3) is 0.0500.